The highest BCUT2D eigenvalue weighted by Crippen LogP contribution is 2.25. The standard InChI is InChI=1S/C17H26N4/c1-17(2,21-10-6-7-11-21)15(18)12-16-19-13-8-4-5-9-14(13)20(16)3/h4-5,8-9,15H,6-7,10-12,18H2,1-3H3. The number of nitrogens with zero attached hydrogens (tertiary/aromatic N) is 3. The zero-order valence-electron chi connectivity index (χ0n) is 13.3. The fourth-order valence-electron chi connectivity index (χ4n) is 3.35. The minimum atomic E-state index is 0.0225. The van der Waals surface area contributed by atoms with E-state index in [-0.39, 0.29) is 11.6 Å². The molecule has 1 aromatic heterocycles. The lowest BCUT2D eigenvalue weighted by Crippen LogP contribution is -2.56. The van der Waals surface area contributed by atoms with Crippen molar-refractivity contribution in [2.24, 2.45) is 12.8 Å². The average molecular weight is 286 g/mol. The Morgan fingerprint density at radius 1 is 1.24 bits per heavy atom. The molecule has 1 aromatic carbocycles. The van der Waals surface area contributed by atoms with Crippen molar-refractivity contribution in [2.75, 3.05) is 13.1 Å². The Labute approximate surface area is 126 Å². The van der Waals surface area contributed by atoms with Crippen molar-refractivity contribution < 1.29 is 0 Å². The number of aryl methyl sites for hydroxylation is 1. The maximum absolute atomic E-state index is 6.56. The molecule has 0 spiro atoms. The summed E-state index contributed by atoms with van der Waals surface area (Å²) in [6.07, 6.45) is 3.40. The van der Waals surface area contributed by atoms with Gasteiger partial charge in [-0.1, -0.05) is 12.1 Å². The van der Waals surface area contributed by atoms with Crippen molar-refractivity contribution in [3.05, 3.63) is 30.1 Å². The molecule has 0 saturated carbocycles. The maximum Gasteiger partial charge on any atom is 0.111 e. The lowest BCUT2D eigenvalue weighted by molar-refractivity contribution is 0.122. The van der Waals surface area contributed by atoms with Gasteiger partial charge in [0.25, 0.3) is 0 Å². The van der Waals surface area contributed by atoms with Crippen molar-refractivity contribution in [3.63, 3.8) is 0 Å². The van der Waals surface area contributed by atoms with E-state index in [9.17, 15) is 0 Å². The van der Waals surface area contributed by atoms with Gasteiger partial charge in [-0.25, -0.2) is 4.98 Å². The number of benzene rings is 1. The van der Waals surface area contributed by atoms with Gasteiger partial charge in [-0.15, -0.1) is 0 Å². The molecule has 1 atom stereocenters. The Hall–Kier alpha value is -1.39. The molecule has 4 nitrogen and oxygen atoms in total. The number of fused-ring (bicyclic) bond motifs is 1. The van der Waals surface area contributed by atoms with E-state index >= 15 is 0 Å². The van der Waals surface area contributed by atoms with Crippen molar-refractivity contribution in [1.29, 1.82) is 0 Å². The second-order valence-electron chi connectivity index (χ2n) is 6.73. The number of likely N-dealkylation sites (tertiary alicyclic amines) is 1. The molecule has 3 rings (SSSR count). The summed E-state index contributed by atoms with van der Waals surface area (Å²) < 4.78 is 2.18. The van der Waals surface area contributed by atoms with Crippen LogP contribution in [0.15, 0.2) is 24.3 Å². The van der Waals surface area contributed by atoms with Gasteiger partial charge in [0.2, 0.25) is 0 Å². The topological polar surface area (TPSA) is 47.1 Å². The molecular weight excluding hydrogens is 260 g/mol. The van der Waals surface area contributed by atoms with Gasteiger partial charge in [0, 0.05) is 25.0 Å². The van der Waals surface area contributed by atoms with E-state index in [2.05, 4.69) is 48.6 Å². The van der Waals surface area contributed by atoms with Crippen LogP contribution < -0.4 is 5.73 Å². The Morgan fingerprint density at radius 3 is 2.57 bits per heavy atom. The summed E-state index contributed by atoms with van der Waals surface area (Å²) in [5.74, 6) is 1.08. The van der Waals surface area contributed by atoms with E-state index in [0.29, 0.717) is 0 Å². The Morgan fingerprint density at radius 2 is 1.90 bits per heavy atom. The molecule has 2 heterocycles. The second kappa shape index (κ2) is 5.43. The molecule has 21 heavy (non-hydrogen) atoms. The van der Waals surface area contributed by atoms with Crippen LogP contribution in [-0.2, 0) is 13.5 Å². The molecular formula is C17H26N4. The average Bonchev–Trinajstić information content (AvgIpc) is 3.09. The first-order valence-corrected chi connectivity index (χ1v) is 7.91. The number of imidazole rings is 1. The highest BCUT2D eigenvalue weighted by Gasteiger charge is 2.35. The van der Waals surface area contributed by atoms with Crippen molar-refractivity contribution >= 4 is 11.0 Å². The molecule has 1 fully saturated rings. The molecule has 2 N–H and O–H groups in total. The molecule has 1 aliphatic rings. The molecule has 1 aliphatic heterocycles. The lowest BCUT2D eigenvalue weighted by Gasteiger charge is -2.40. The van der Waals surface area contributed by atoms with Gasteiger partial charge < -0.3 is 10.3 Å². The molecule has 0 radical (unpaired) electrons. The highest BCUT2D eigenvalue weighted by atomic mass is 15.2. The summed E-state index contributed by atoms with van der Waals surface area (Å²) >= 11 is 0. The Bertz CT molecular complexity index is 623. The zero-order valence-corrected chi connectivity index (χ0v) is 13.3. The SMILES string of the molecule is Cn1c(CC(N)C(C)(C)N2CCCC2)nc2ccccc21. The van der Waals surface area contributed by atoms with Crippen molar-refractivity contribution in [3.8, 4) is 0 Å². The van der Waals surface area contributed by atoms with E-state index in [1.165, 1.54) is 31.4 Å². The van der Waals surface area contributed by atoms with Gasteiger partial charge in [0.1, 0.15) is 5.82 Å². The lowest BCUT2D eigenvalue weighted by atomic mass is 9.90. The molecule has 4 heteroatoms. The van der Waals surface area contributed by atoms with Gasteiger partial charge in [0.15, 0.2) is 0 Å². The summed E-state index contributed by atoms with van der Waals surface area (Å²) in [4.78, 5) is 7.28. The third-order valence-electron chi connectivity index (χ3n) is 5.11. The molecule has 1 saturated heterocycles. The maximum atomic E-state index is 6.56. The third-order valence-corrected chi connectivity index (χ3v) is 5.11. The highest BCUT2D eigenvalue weighted by molar-refractivity contribution is 5.75. The first kappa shape index (κ1) is 14.5. The second-order valence-corrected chi connectivity index (χ2v) is 6.73. The number of aromatic nitrogens is 2. The normalized spacial score (nSPS) is 18.5. The monoisotopic (exact) mass is 286 g/mol. The molecule has 0 amide bonds. The van der Waals surface area contributed by atoms with Crippen LogP contribution >= 0.6 is 0 Å². The van der Waals surface area contributed by atoms with Crippen LogP contribution in [0.5, 0.6) is 0 Å². The summed E-state index contributed by atoms with van der Waals surface area (Å²) in [5.41, 5.74) is 8.82. The number of rotatable bonds is 4. The third kappa shape index (κ3) is 2.58. The molecule has 0 bridgehead atoms. The Balaban J connectivity index is 1.82. The summed E-state index contributed by atoms with van der Waals surface area (Å²) in [7, 11) is 2.08. The summed E-state index contributed by atoms with van der Waals surface area (Å²) in [6.45, 7) is 6.88. The fraction of sp³-hybridized carbons (Fsp3) is 0.588. The minimum absolute atomic E-state index is 0.0225. The van der Waals surface area contributed by atoms with Gasteiger partial charge in [-0.05, 0) is 51.9 Å². The van der Waals surface area contributed by atoms with E-state index in [0.717, 1.165) is 17.8 Å². The first-order chi connectivity index (χ1) is 10.00. The van der Waals surface area contributed by atoms with Crippen LogP contribution in [0.25, 0.3) is 11.0 Å². The molecule has 2 aromatic rings. The Kier molecular flexibility index (Phi) is 3.76. The van der Waals surface area contributed by atoms with Crippen LogP contribution in [0, 0.1) is 0 Å². The van der Waals surface area contributed by atoms with Crippen LogP contribution in [0.3, 0.4) is 0 Å². The summed E-state index contributed by atoms with van der Waals surface area (Å²) in [6, 6.07) is 8.36. The van der Waals surface area contributed by atoms with Crippen molar-refractivity contribution in [1.82, 2.24) is 14.5 Å². The zero-order chi connectivity index (χ0) is 15.0. The number of hydrogen-bond acceptors (Lipinski definition) is 3. The van der Waals surface area contributed by atoms with E-state index in [4.69, 9.17) is 10.7 Å². The predicted molar refractivity (Wildman–Crippen MR) is 87.3 cm³/mol. The van der Waals surface area contributed by atoms with Gasteiger partial charge in [-0.3, -0.25) is 4.90 Å². The number of para-hydroxylation sites is 2. The molecule has 0 aliphatic carbocycles. The molecule has 114 valence electrons. The molecule has 1 unspecified atom stereocenters. The van der Waals surface area contributed by atoms with E-state index < -0.39 is 0 Å². The quantitative estimate of drug-likeness (QED) is 0.938. The number of nitrogens with two attached hydrogens (primary N) is 1. The van der Waals surface area contributed by atoms with E-state index in [1.54, 1.807) is 0 Å². The van der Waals surface area contributed by atoms with E-state index in [1.807, 2.05) is 6.07 Å². The number of hydrogen-bond donors (Lipinski definition) is 1. The van der Waals surface area contributed by atoms with Crippen LogP contribution in [0.2, 0.25) is 0 Å². The first-order valence-electron chi connectivity index (χ1n) is 7.91. The van der Waals surface area contributed by atoms with Crippen LogP contribution in [-0.4, -0.2) is 39.1 Å². The van der Waals surface area contributed by atoms with Crippen molar-refractivity contribution in [2.45, 2.75) is 44.7 Å². The minimum Gasteiger partial charge on any atom is -0.331 e. The largest absolute Gasteiger partial charge is 0.331 e. The predicted octanol–water partition coefficient (Wildman–Crippen LogP) is 2.32. The summed E-state index contributed by atoms with van der Waals surface area (Å²) in [5, 5.41) is 0. The van der Waals surface area contributed by atoms with Gasteiger partial charge in [0.05, 0.1) is 11.0 Å². The smallest absolute Gasteiger partial charge is 0.111 e. The van der Waals surface area contributed by atoms with Gasteiger partial charge in [-0.2, -0.15) is 0 Å². The van der Waals surface area contributed by atoms with Gasteiger partial charge >= 0.3 is 0 Å². The van der Waals surface area contributed by atoms with Crippen LogP contribution in [0.4, 0.5) is 0 Å². The fourth-order valence-corrected chi connectivity index (χ4v) is 3.35. The van der Waals surface area contributed by atoms with Crippen LogP contribution in [0.1, 0.15) is 32.5 Å².